The second-order valence-electron chi connectivity index (χ2n) is 10.6. The average Bonchev–Trinajstić information content (AvgIpc) is 3.35. The lowest BCUT2D eigenvalue weighted by Gasteiger charge is -2.39. The van der Waals surface area contributed by atoms with Crippen molar-refractivity contribution in [1.29, 1.82) is 0 Å². The highest BCUT2D eigenvalue weighted by Crippen LogP contribution is 2.41. The minimum absolute atomic E-state index is 0.00566. The van der Waals surface area contributed by atoms with Gasteiger partial charge < -0.3 is 19.6 Å². The van der Waals surface area contributed by atoms with E-state index in [0.29, 0.717) is 22.9 Å². The Balaban J connectivity index is 1.56. The lowest BCUT2D eigenvalue weighted by atomic mass is 9.89. The number of carboxylic acid groups (broad SMARTS) is 1. The molecule has 1 aliphatic carbocycles. The number of thiophene rings is 1. The second-order valence-corrected chi connectivity index (χ2v) is 12.0. The van der Waals surface area contributed by atoms with Gasteiger partial charge in [0.25, 0.3) is 5.91 Å². The predicted molar refractivity (Wildman–Crippen MR) is 160 cm³/mol. The Labute approximate surface area is 251 Å². The van der Waals surface area contributed by atoms with E-state index in [-0.39, 0.29) is 38.3 Å². The molecule has 2 aromatic heterocycles. The van der Waals surface area contributed by atoms with Crippen LogP contribution in [0.15, 0.2) is 48.7 Å². The van der Waals surface area contributed by atoms with Crippen molar-refractivity contribution in [2.75, 3.05) is 21.2 Å². The Morgan fingerprint density at radius 2 is 1.69 bits per heavy atom. The Morgan fingerprint density at radius 3 is 2.33 bits per heavy atom. The number of nitrogens with zero attached hydrogens (tertiary/aromatic N) is 3. The zero-order valence-corrected chi connectivity index (χ0v) is 24.9. The van der Waals surface area contributed by atoms with E-state index in [9.17, 15) is 23.5 Å². The van der Waals surface area contributed by atoms with Crippen LogP contribution in [0.2, 0.25) is 5.02 Å². The number of amides is 1. The van der Waals surface area contributed by atoms with Gasteiger partial charge in [0, 0.05) is 30.4 Å². The first-order valence-electron chi connectivity index (χ1n) is 13.5. The summed E-state index contributed by atoms with van der Waals surface area (Å²) in [6.45, 7) is 0.152. The number of aromatic nitrogens is 1. The number of ether oxygens (including phenoxy) is 1. The van der Waals surface area contributed by atoms with Crippen molar-refractivity contribution in [3.63, 3.8) is 0 Å². The summed E-state index contributed by atoms with van der Waals surface area (Å²) >= 11 is 7.41. The Hall–Kier alpha value is -3.60. The number of fused-ring (bicyclic) bond motifs is 1. The summed E-state index contributed by atoms with van der Waals surface area (Å²) in [6, 6.07) is 10.9. The number of hydrogen-bond acceptors (Lipinski definition) is 6. The van der Waals surface area contributed by atoms with Crippen molar-refractivity contribution < 1.29 is 28.2 Å². The molecule has 0 unspecified atom stereocenters. The second kappa shape index (κ2) is 12.3. The number of hydrogen-bond donors (Lipinski definition) is 1. The molecule has 0 saturated heterocycles. The molecular formula is C31H30ClF2N3O4S. The van der Waals surface area contributed by atoms with Crippen LogP contribution in [0.5, 0.6) is 5.75 Å². The van der Waals surface area contributed by atoms with Gasteiger partial charge in [0.15, 0.2) is 0 Å². The van der Waals surface area contributed by atoms with Gasteiger partial charge in [-0.3, -0.25) is 4.79 Å². The van der Waals surface area contributed by atoms with Gasteiger partial charge in [0.05, 0.1) is 22.2 Å². The number of pyridine rings is 1. The van der Waals surface area contributed by atoms with Crippen LogP contribution >= 0.6 is 22.9 Å². The fraction of sp³-hybridized carbons (Fsp3) is 0.323. The number of carbonyl (C=O) groups is 2. The molecule has 0 radical (unpaired) electrons. The normalized spacial score (nSPS) is 17.0. The molecular weight excluding hydrogens is 584 g/mol. The molecule has 1 aliphatic rings. The number of methoxy groups -OCH3 is 1. The number of halogens is 3. The third-order valence-corrected chi connectivity index (χ3v) is 9.58. The van der Waals surface area contributed by atoms with E-state index in [0.717, 1.165) is 54.7 Å². The fourth-order valence-corrected chi connectivity index (χ4v) is 7.12. The summed E-state index contributed by atoms with van der Waals surface area (Å²) in [6.07, 6.45) is 4.69. The van der Waals surface area contributed by atoms with Crippen molar-refractivity contribution in [3.8, 4) is 16.9 Å². The standard InChI is InChI=1S/C31H30ClF2N3O4S/c1-36(2)20-5-7-21(8-6-20)37(30(38)29-27(32)26-22(33)9-10-23(34)28(26)42-29)16-19-14-17(4-11-25(19)41-3)18-12-13-35-24(15-18)31(39)40/h4,9-15,20-21H,5-8,16H2,1-3H3,(H,39,40)/t20-,21-. The van der Waals surface area contributed by atoms with Gasteiger partial charge in [0.2, 0.25) is 0 Å². The molecule has 0 spiro atoms. The van der Waals surface area contributed by atoms with Gasteiger partial charge >= 0.3 is 5.97 Å². The van der Waals surface area contributed by atoms with Gasteiger partial charge in [-0.15, -0.1) is 11.3 Å². The molecule has 0 atom stereocenters. The highest BCUT2D eigenvalue weighted by molar-refractivity contribution is 7.21. The van der Waals surface area contributed by atoms with Crippen molar-refractivity contribution in [2.24, 2.45) is 0 Å². The van der Waals surface area contributed by atoms with Gasteiger partial charge in [0.1, 0.15) is 28.0 Å². The maximum Gasteiger partial charge on any atom is 0.354 e. The summed E-state index contributed by atoms with van der Waals surface area (Å²) in [7, 11) is 5.62. The molecule has 2 heterocycles. The van der Waals surface area contributed by atoms with E-state index in [4.69, 9.17) is 16.3 Å². The molecule has 1 N–H and O–H groups in total. The molecule has 2 aromatic carbocycles. The predicted octanol–water partition coefficient (Wildman–Crippen LogP) is 7.12. The zero-order chi connectivity index (χ0) is 30.1. The lowest BCUT2D eigenvalue weighted by Crippen LogP contribution is -2.44. The molecule has 0 bridgehead atoms. The maximum atomic E-state index is 14.7. The lowest BCUT2D eigenvalue weighted by molar-refractivity contribution is 0.0572. The number of carbonyl (C=O) groups excluding carboxylic acids is 1. The number of carboxylic acids is 1. The van der Waals surface area contributed by atoms with Crippen molar-refractivity contribution in [1.82, 2.24) is 14.8 Å². The number of benzene rings is 2. The SMILES string of the molecule is COc1ccc(-c2ccnc(C(=O)O)c2)cc1CN(C(=O)c1sc2c(F)ccc(F)c2c1Cl)[C@H]1CC[C@H](N(C)C)CC1. The van der Waals surface area contributed by atoms with Crippen LogP contribution in [-0.2, 0) is 6.54 Å². The minimum Gasteiger partial charge on any atom is -0.496 e. The van der Waals surface area contributed by atoms with Crippen molar-refractivity contribution >= 4 is 44.9 Å². The van der Waals surface area contributed by atoms with Gasteiger partial charge in [-0.05, 0) is 87.3 Å². The smallest absolute Gasteiger partial charge is 0.354 e. The van der Waals surface area contributed by atoms with E-state index in [1.54, 1.807) is 17.0 Å². The molecule has 1 fully saturated rings. The Bertz CT molecular complexity index is 1650. The molecule has 0 aliphatic heterocycles. The first-order valence-corrected chi connectivity index (χ1v) is 14.7. The van der Waals surface area contributed by atoms with E-state index in [1.165, 1.54) is 19.4 Å². The largest absolute Gasteiger partial charge is 0.496 e. The quantitative estimate of drug-likeness (QED) is 0.228. The summed E-state index contributed by atoms with van der Waals surface area (Å²) in [5.74, 6) is -2.31. The minimum atomic E-state index is -1.14. The van der Waals surface area contributed by atoms with E-state index >= 15 is 0 Å². The van der Waals surface area contributed by atoms with Crippen LogP contribution in [-0.4, -0.2) is 65.1 Å². The molecule has 42 heavy (non-hydrogen) atoms. The average molecular weight is 614 g/mol. The van der Waals surface area contributed by atoms with Gasteiger partial charge in [-0.1, -0.05) is 17.7 Å². The van der Waals surface area contributed by atoms with E-state index < -0.39 is 23.5 Å². The summed E-state index contributed by atoms with van der Waals surface area (Å²) < 4.78 is 35.0. The Morgan fingerprint density at radius 1 is 1.02 bits per heavy atom. The van der Waals surface area contributed by atoms with Crippen molar-refractivity contribution in [2.45, 2.75) is 44.3 Å². The molecule has 7 nitrogen and oxygen atoms in total. The number of aromatic carboxylic acids is 1. The zero-order valence-electron chi connectivity index (χ0n) is 23.4. The molecule has 4 aromatic rings. The summed E-state index contributed by atoms with van der Waals surface area (Å²) in [4.78, 5) is 33.6. The third-order valence-electron chi connectivity index (χ3n) is 7.91. The van der Waals surface area contributed by atoms with Crippen LogP contribution in [0.1, 0.15) is 51.4 Å². The van der Waals surface area contributed by atoms with Crippen LogP contribution < -0.4 is 4.74 Å². The highest BCUT2D eigenvalue weighted by atomic mass is 35.5. The van der Waals surface area contributed by atoms with Crippen LogP contribution in [0.3, 0.4) is 0 Å². The first kappa shape index (κ1) is 29.9. The Kier molecular flexibility index (Phi) is 8.77. The highest BCUT2D eigenvalue weighted by Gasteiger charge is 2.33. The third kappa shape index (κ3) is 5.84. The van der Waals surface area contributed by atoms with Crippen LogP contribution in [0, 0.1) is 11.6 Å². The first-order chi connectivity index (χ1) is 20.1. The van der Waals surface area contributed by atoms with Gasteiger partial charge in [-0.2, -0.15) is 0 Å². The summed E-state index contributed by atoms with van der Waals surface area (Å²) in [5.41, 5.74) is 1.98. The fourth-order valence-electron chi connectivity index (χ4n) is 5.61. The maximum absolute atomic E-state index is 14.7. The molecule has 220 valence electrons. The molecule has 1 saturated carbocycles. The van der Waals surface area contributed by atoms with Gasteiger partial charge in [-0.25, -0.2) is 18.6 Å². The van der Waals surface area contributed by atoms with Crippen LogP contribution in [0.25, 0.3) is 21.2 Å². The van der Waals surface area contributed by atoms with Crippen LogP contribution in [0.4, 0.5) is 8.78 Å². The van der Waals surface area contributed by atoms with E-state index in [1.807, 2.05) is 26.2 Å². The molecule has 5 rings (SSSR count). The topological polar surface area (TPSA) is 83.0 Å². The molecule has 1 amide bonds. The number of rotatable bonds is 8. The van der Waals surface area contributed by atoms with Crippen molar-refractivity contribution in [3.05, 3.63) is 81.5 Å². The monoisotopic (exact) mass is 613 g/mol. The summed E-state index contributed by atoms with van der Waals surface area (Å²) in [5, 5.41) is 9.22. The van der Waals surface area contributed by atoms with E-state index in [2.05, 4.69) is 9.88 Å². The molecule has 11 heteroatoms.